The summed E-state index contributed by atoms with van der Waals surface area (Å²) in [6, 6.07) is 18.8. The second kappa shape index (κ2) is 7.13. The summed E-state index contributed by atoms with van der Waals surface area (Å²) in [5, 5.41) is 3.02. The van der Waals surface area contributed by atoms with Gasteiger partial charge in [-0.05, 0) is 25.3 Å². The monoisotopic (exact) mass is 321 g/mol. The fourth-order valence-corrected chi connectivity index (χ4v) is 2.72. The smallest absolute Gasteiger partial charge is 0.338 e. The van der Waals surface area contributed by atoms with Crippen molar-refractivity contribution in [2.75, 3.05) is 0 Å². The van der Waals surface area contributed by atoms with Crippen molar-refractivity contribution in [2.45, 2.75) is 26.0 Å². The van der Waals surface area contributed by atoms with Crippen molar-refractivity contribution in [1.29, 1.82) is 0 Å². The lowest BCUT2D eigenvalue weighted by Crippen LogP contribution is -2.44. The van der Waals surface area contributed by atoms with Gasteiger partial charge >= 0.3 is 5.97 Å². The number of allylic oxidation sites excluding steroid dienone is 1. The summed E-state index contributed by atoms with van der Waals surface area (Å²) in [7, 11) is 0. The molecular formula is C20H19NO3. The van der Waals surface area contributed by atoms with E-state index in [0.29, 0.717) is 23.3 Å². The molecule has 4 nitrogen and oxygen atoms in total. The molecule has 1 heterocycles. The Hall–Kier alpha value is -2.88. The standard InChI is InChI=1S/C20H19NO3/c1-14-17(13-12-15-8-4-2-5-9-15)20(23)24-19(21-14)18(22)16-10-6-3-7-11-16/h2-11,19,21H,12-13H2,1H3. The van der Waals surface area contributed by atoms with Gasteiger partial charge in [0.1, 0.15) is 0 Å². The predicted octanol–water partition coefficient (Wildman–Crippen LogP) is 3.25. The topological polar surface area (TPSA) is 55.4 Å². The zero-order chi connectivity index (χ0) is 16.9. The van der Waals surface area contributed by atoms with Crippen molar-refractivity contribution >= 4 is 11.8 Å². The molecule has 0 aromatic heterocycles. The van der Waals surface area contributed by atoms with E-state index in [1.54, 1.807) is 24.3 Å². The minimum atomic E-state index is -0.958. The molecular weight excluding hydrogens is 302 g/mol. The summed E-state index contributed by atoms with van der Waals surface area (Å²) >= 11 is 0. The van der Waals surface area contributed by atoms with E-state index >= 15 is 0 Å². The van der Waals surface area contributed by atoms with Crippen LogP contribution < -0.4 is 5.32 Å². The fraction of sp³-hybridized carbons (Fsp3) is 0.200. The van der Waals surface area contributed by atoms with Crippen molar-refractivity contribution in [3.63, 3.8) is 0 Å². The number of esters is 1. The van der Waals surface area contributed by atoms with Gasteiger partial charge in [0.15, 0.2) is 0 Å². The van der Waals surface area contributed by atoms with Gasteiger partial charge in [-0.25, -0.2) is 4.79 Å². The summed E-state index contributed by atoms with van der Waals surface area (Å²) in [6.07, 6.45) is 0.371. The van der Waals surface area contributed by atoms with Crippen LogP contribution in [0.25, 0.3) is 0 Å². The van der Waals surface area contributed by atoms with Crippen molar-refractivity contribution in [3.05, 3.63) is 83.1 Å². The van der Waals surface area contributed by atoms with Crippen LogP contribution in [0.5, 0.6) is 0 Å². The summed E-state index contributed by atoms with van der Waals surface area (Å²) < 4.78 is 5.32. The molecule has 24 heavy (non-hydrogen) atoms. The second-order valence-corrected chi connectivity index (χ2v) is 5.75. The number of ketones is 1. The van der Waals surface area contributed by atoms with Gasteiger partial charge in [-0.15, -0.1) is 0 Å². The molecule has 0 amide bonds. The molecule has 2 aromatic carbocycles. The first-order valence-electron chi connectivity index (χ1n) is 7.95. The van der Waals surface area contributed by atoms with Gasteiger partial charge in [-0.3, -0.25) is 4.79 Å². The number of ether oxygens (including phenoxy) is 1. The van der Waals surface area contributed by atoms with E-state index in [9.17, 15) is 9.59 Å². The van der Waals surface area contributed by atoms with Crippen LogP contribution in [0.3, 0.4) is 0 Å². The molecule has 1 aliphatic rings. The van der Waals surface area contributed by atoms with Crippen LogP contribution in [0.4, 0.5) is 0 Å². The molecule has 0 saturated heterocycles. The van der Waals surface area contributed by atoms with Gasteiger partial charge in [0.05, 0.1) is 5.57 Å². The van der Waals surface area contributed by atoms with E-state index < -0.39 is 12.2 Å². The zero-order valence-corrected chi connectivity index (χ0v) is 13.5. The molecule has 4 heteroatoms. The summed E-state index contributed by atoms with van der Waals surface area (Å²) in [5.74, 6) is -0.665. The Bertz CT molecular complexity index is 766. The molecule has 0 radical (unpaired) electrons. The number of hydrogen-bond donors (Lipinski definition) is 1. The van der Waals surface area contributed by atoms with Gasteiger partial charge < -0.3 is 10.1 Å². The third kappa shape index (κ3) is 3.54. The Labute approximate surface area is 141 Å². The van der Waals surface area contributed by atoms with Crippen molar-refractivity contribution < 1.29 is 14.3 Å². The third-order valence-electron chi connectivity index (χ3n) is 4.07. The molecule has 0 bridgehead atoms. The first-order valence-corrected chi connectivity index (χ1v) is 7.95. The average Bonchev–Trinajstić information content (AvgIpc) is 2.62. The molecule has 0 fully saturated rings. The SMILES string of the molecule is CC1=C(CCc2ccccc2)C(=O)OC(C(=O)c2ccccc2)N1. The Balaban J connectivity index is 1.70. The number of nitrogens with one attached hydrogen (secondary N) is 1. The maximum Gasteiger partial charge on any atom is 0.338 e. The number of cyclic esters (lactones) is 1. The van der Waals surface area contributed by atoms with Crippen LogP contribution in [0.2, 0.25) is 0 Å². The Morgan fingerprint density at radius 1 is 1.00 bits per heavy atom. The second-order valence-electron chi connectivity index (χ2n) is 5.75. The molecule has 122 valence electrons. The maximum atomic E-state index is 12.4. The average molecular weight is 321 g/mol. The highest BCUT2D eigenvalue weighted by Gasteiger charge is 2.31. The van der Waals surface area contributed by atoms with Crippen LogP contribution >= 0.6 is 0 Å². The minimum absolute atomic E-state index is 0.245. The summed E-state index contributed by atoms with van der Waals surface area (Å²) in [6.45, 7) is 1.81. The molecule has 0 spiro atoms. The lowest BCUT2D eigenvalue weighted by atomic mass is 10.0. The number of carbonyl (C=O) groups excluding carboxylic acids is 2. The molecule has 0 aliphatic carbocycles. The fourth-order valence-electron chi connectivity index (χ4n) is 2.72. The molecule has 1 aliphatic heterocycles. The minimum Gasteiger partial charge on any atom is -0.430 e. The quantitative estimate of drug-likeness (QED) is 0.678. The van der Waals surface area contributed by atoms with Gasteiger partial charge in [-0.2, -0.15) is 0 Å². The molecule has 1 unspecified atom stereocenters. The predicted molar refractivity (Wildman–Crippen MR) is 91.3 cm³/mol. The number of rotatable bonds is 5. The molecule has 1 atom stereocenters. The number of aryl methyl sites for hydroxylation is 1. The van der Waals surface area contributed by atoms with Crippen LogP contribution in [0, 0.1) is 0 Å². The van der Waals surface area contributed by atoms with E-state index in [2.05, 4.69) is 5.32 Å². The number of benzene rings is 2. The van der Waals surface area contributed by atoms with E-state index in [1.165, 1.54) is 0 Å². The highest BCUT2D eigenvalue weighted by molar-refractivity contribution is 6.02. The van der Waals surface area contributed by atoms with Gasteiger partial charge in [0.25, 0.3) is 0 Å². The van der Waals surface area contributed by atoms with E-state index in [4.69, 9.17) is 4.74 Å². The van der Waals surface area contributed by atoms with Crippen molar-refractivity contribution in [1.82, 2.24) is 5.32 Å². The van der Waals surface area contributed by atoms with E-state index in [0.717, 1.165) is 12.0 Å². The van der Waals surface area contributed by atoms with Crippen LogP contribution in [0.15, 0.2) is 71.9 Å². The van der Waals surface area contributed by atoms with Crippen LogP contribution in [-0.2, 0) is 16.0 Å². The van der Waals surface area contributed by atoms with Gasteiger partial charge in [0, 0.05) is 11.3 Å². The first kappa shape index (κ1) is 16.0. The lowest BCUT2D eigenvalue weighted by Gasteiger charge is -2.26. The van der Waals surface area contributed by atoms with Crippen molar-refractivity contribution in [3.8, 4) is 0 Å². The third-order valence-corrected chi connectivity index (χ3v) is 4.07. The lowest BCUT2D eigenvalue weighted by molar-refractivity contribution is -0.145. The van der Waals surface area contributed by atoms with E-state index in [-0.39, 0.29) is 5.78 Å². The Morgan fingerprint density at radius 3 is 2.25 bits per heavy atom. The van der Waals surface area contributed by atoms with E-state index in [1.807, 2.05) is 43.3 Å². The number of Topliss-reactive ketones (excluding diaryl/α,β-unsaturated/α-hetero) is 1. The first-order chi connectivity index (χ1) is 11.6. The maximum absolute atomic E-state index is 12.4. The largest absolute Gasteiger partial charge is 0.430 e. The van der Waals surface area contributed by atoms with Gasteiger partial charge in [-0.1, -0.05) is 60.7 Å². The Morgan fingerprint density at radius 2 is 1.62 bits per heavy atom. The van der Waals surface area contributed by atoms with Crippen LogP contribution in [-0.4, -0.2) is 18.0 Å². The summed E-state index contributed by atoms with van der Waals surface area (Å²) in [4.78, 5) is 24.7. The highest BCUT2D eigenvalue weighted by Crippen LogP contribution is 2.20. The molecule has 0 saturated carbocycles. The molecule has 2 aromatic rings. The zero-order valence-electron chi connectivity index (χ0n) is 13.5. The number of hydrogen-bond acceptors (Lipinski definition) is 4. The highest BCUT2D eigenvalue weighted by atomic mass is 16.6. The van der Waals surface area contributed by atoms with Crippen molar-refractivity contribution in [2.24, 2.45) is 0 Å². The normalized spacial score (nSPS) is 17.2. The Kier molecular flexibility index (Phi) is 4.75. The molecule has 3 rings (SSSR count). The number of carbonyl (C=O) groups is 2. The van der Waals surface area contributed by atoms with Gasteiger partial charge in [0.2, 0.25) is 12.0 Å². The molecule has 1 N–H and O–H groups in total. The summed E-state index contributed by atoms with van der Waals surface area (Å²) in [5.41, 5.74) is 2.98. The van der Waals surface area contributed by atoms with Crippen LogP contribution in [0.1, 0.15) is 29.3 Å².